The average molecular weight is 511 g/mol. The number of rotatable bonds is 11. The number of piperidine rings is 1. The molecule has 0 spiro atoms. The van der Waals surface area contributed by atoms with Crippen molar-refractivity contribution in [1.29, 1.82) is 0 Å². The second-order valence-electron chi connectivity index (χ2n) is 8.87. The number of amides is 1. The second kappa shape index (κ2) is 12.9. The van der Waals surface area contributed by atoms with Gasteiger partial charge in [-0.2, -0.15) is 0 Å². The van der Waals surface area contributed by atoms with Crippen LogP contribution in [0.4, 0.5) is 4.39 Å². The first-order valence-electron chi connectivity index (χ1n) is 12.0. The summed E-state index contributed by atoms with van der Waals surface area (Å²) in [4.78, 5) is 53.5. The van der Waals surface area contributed by atoms with Crippen LogP contribution in [-0.2, 0) is 20.9 Å². The molecule has 2 aromatic rings. The van der Waals surface area contributed by atoms with E-state index in [0.29, 0.717) is 49.3 Å². The molecule has 1 N–H and O–H groups in total. The Balaban J connectivity index is 1.91. The van der Waals surface area contributed by atoms with Gasteiger partial charge in [-0.25, -0.2) is 4.39 Å². The molecule has 2 aromatic carbocycles. The molecule has 37 heavy (non-hydrogen) atoms. The summed E-state index contributed by atoms with van der Waals surface area (Å²) < 4.78 is 24.0. The van der Waals surface area contributed by atoms with Gasteiger partial charge >= 0.3 is 0 Å². The van der Waals surface area contributed by atoms with Crippen LogP contribution < -0.4 is 14.8 Å². The van der Waals surface area contributed by atoms with Crippen molar-refractivity contribution in [2.75, 3.05) is 34.4 Å². The van der Waals surface area contributed by atoms with E-state index in [2.05, 4.69) is 5.32 Å². The maximum atomic E-state index is 13.5. The van der Waals surface area contributed by atoms with E-state index in [9.17, 15) is 23.6 Å². The van der Waals surface area contributed by atoms with Crippen LogP contribution in [-0.4, -0.2) is 63.0 Å². The number of carbonyl (C=O) groups excluding carboxylic acids is 4. The molecule has 0 bridgehead atoms. The molecule has 1 aliphatic heterocycles. The highest BCUT2D eigenvalue weighted by Gasteiger charge is 2.36. The number of Topliss-reactive ketones (excluding diaryl/α,β-unsaturated/α-hetero) is 2. The van der Waals surface area contributed by atoms with Crippen LogP contribution in [0.1, 0.15) is 28.8 Å². The SMILES string of the molecule is COc1ccc(CN(C)C(=O)/C=C(\C=O)C(C(=O)c2ccc(F)cc2)C(=O)C2CCNCC2)c(OC)c1. The molecule has 1 atom stereocenters. The molecule has 196 valence electrons. The van der Waals surface area contributed by atoms with E-state index in [-0.39, 0.29) is 17.7 Å². The molecule has 0 aliphatic carbocycles. The number of likely N-dealkylation sites (N-methyl/N-ethyl adjacent to an activating group) is 1. The molecule has 1 unspecified atom stereocenters. The van der Waals surface area contributed by atoms with Gasteiger partial charge in [0.05, 0.1) is 14.2 Å². The van der Waals surface area contributed by atoms with Crippen molar-refractivity contribution in [3.05, 3.63) is 71.1 Å². The average Bonchev–Trinajstić information content (AvgIpc) is 2.93. The number of ketones is 2. The van der Waals surface area contributed by atoms with Gasteiger partial charge in [-0.15, -0.1) is 0 Å². The summed E-state index contributed by atoms with van der Waals surface area (Å²) in [6, 6.07) is 9.95. The van der Waals surface area contributed by atoms with Crippen LogP contribution in [0, 0.1) is 17.7 Å². The predicted octanol–water partition coefficient (Wildman–Crippen LogP) is 2.99. The maximum Gasteiger partial charge on any atom is 0.247 e. The first-order chi connectivity index (χ1) is 17.8. The third-order valence-corrected chi connectivity index (χ3v) is 6.45. The highest BCUT2D eigenvalue weighted by Crippen LogP contribution is 2.27. The minimum atomic E-state index is -1.46. The molecular weight excluding hydrogens is 479 g/mol. The monoisotopic (exact) mass is 510 g/mol. The van der Waals surface area contributed by atoms with Gasteiger partial charge in [-0.05, 0) is 62.3 Å². The molecule has 3 rings (SSSR count). The molecule has 1 amide bonds. The minimum Gasteiger partial charge on any atom is -0.497 e. The Kier molecular flexibility index (Phi) is 9.68. The molecule has 0 saturated carbocycles. The Morgan fingerprint density at radius 1 is 1.08 bits per heavy atom. The summed E-state index contributed by atoms with van der Waals surface area (Å²) in [5.41, 5.74) is 0.562. The molecular formula is C28H31FN2O6. The van der Waals surface area contributed by atoms with Crippen LogP contribution in [0.3, 0.4) is 0 Å². The van der Waals surface area contributed by atoms with Gasteiger partial charge in [-0.1, -0.05) is 0 Å². The lowest BCUT2D eigenvalue weighted by Gasteiger charge is -2.26. The number of benzene rings is 2. The van der Waals surface area contributed by atoms with Gasteiger partial charge in [0.1, 0.15) is 29.5 Å². The van der Waals surface area contributed by atoms with Gasteiger partial charge in [0.15, 0.2) is 11.6 Å². The number of hydrogen-bond donors (Lipinski definition) is 1. The van der Waals surface area contributed by atoms with Crippen molar-refractivity contribution < 1.29 is 33.0 Å². The molecule has 0 aromatic heterocycles. The van der Waals surface area contributed by atoms with Gasteiger partial charge < -0.3 is 19.7 Å². The predicted molar refractivity (Wildman–Crippen MR) is 135 cm³/mol. The summed E-state index contributed by atoms with van der Waals surface area (Å²) in [6.07, 6.45) is 2.45. The maximum absolute atomic E-state index is 13.5. The number of methoxy groups -OCH3 is 2. The fourth-order valence-electron chi connectivity index (χ4n) is 4.32. The highest BCUT2D eigenvalue weighted by atomic mass is 19.1. The largest absolute Gasteiger partial charge is 0.497 e. The fourth-order valence-corrected chi connectivity index (χ4v) is 4.32. The van der Waals surface area contributed by atoms with Crippen molar-refractivity contribution >= 4 is 23.8 Å². The lowest BCUT2D eigenvalue weighted by molar-refractivity contribution is -0.126. The lowest BCUT2D eigenvalue weighted by atomic mass is 9.79. The van der Waals surface area contributed by atoms with E-state index in [4.69, 9.17) is 9.47 Å². The number of carbonyl (C=O) groups is 4. The van der Waals surface area contributed by atoms with E-state index in [1.54, 1.807) is 18.2 Å². The first-order valence-corrected chi connectivity index (χ1v) is 12.0. The molecule has 1 saturated heterocycles. The van der Waals surface area contributed by atoms with Crippen molar-refractivity contribution in [1.82, 2.24) is 10.2 Å². The summed E-state index contributed by atoms with van der Waals surface area (Å²) in [7, 11) is 4.57. The zero-order chi connectivity index (χ0) is 26.9. The van der Waals surface area contributed by atoms with Crippen LogP contribution in [0.25, 0.3) is 0 Å². The fraction of sp³-hybridized carbons (Fsp3) is 0.357. The van der Waals surface area contributed by atoms with Gasteiger partial charge in [0.2, 0.25) is 5.91 Å². The Labute approximate surface area is 215 Å². The number of allylic oxidation sites excluding steroid dienone is 1. The third-order valence-electron chi connectivity index (χ3n) is 6.45. The van der Waals surface area contributed by atoms with Crippen LogP contribution in [0.5, 0.6) is 11.5 Å². The quantitative estimate of drug-likeness (QED) is 0.215. The van der Waals surface area contributed by atoms with Crippen LogP contribution in [0.15, 0.2) is 54.1 Å². The first kappa shape index (κ1) is 27.7. The van der Waals surface area contributed by atoms with Crippen molar-refractivity contribution in [3.8, 4) is 11.5 Å². The lowest BCUT2D eigenvalue weighted by Crippen LogP contribution is -2.38. The van der Waals surface area contributed by atoms with Gasteiger partial charge in [-0.3, -0.25) is 19.2 Å². The van der Waals surface area contributed by atoms with Gasteiger partial charge in [0, 0.05) is 48.4 Å². The summed E-state index contributed by atoms with van der Waals surface area (Å²) >= 11 is 0. The Morgan fingerprint density at radius 2 is 1.76 bits per heavy atom. The summed E-state index contributed by atoms with van der Waals surface area (Å²) in [5.74, 6) is -2.94. The minimum absolute atomic E-state index is 0.0882. The molecule has 8 nitrogen and oxygen atoms in total. The Hall–Kier alpha value is -3.85. The number of halogens is 1. The van der Waals surface area contributed by atoms with E-state index in [1.807, 2.05) is 0 Å². The number of hydrogen-bond acceptors (Lipinski definition) is 7. The van der Waals surface area contributed by atoms with Crippen LogP contribution >= 0.6 is 0 Å². The van der Waals surface area contributed by atoms with E-state index in [0.717, 1.165) is 18.2 Å². The standard InChI is InChI=1S/C28H31FN2O6/c1-31(16-20-6-9-23(36-2)15-24(20)37-3)25(33)14-21(17-32)26(28(35)19-10-12-30-13-11-19)27(34)18-4-7-22(29)8-5-18/h4-9,14-15,17,19,26,30H,10-13,16H2,1-3H3/b21-14+. The van der Waals surface area contributed by atoms with Gasteiger partial charge in [0.25, 0.3) is 0 Å². The second-order valence-corrected chi connectivity index (χ2v) is 8.87. The van der Waals surface area contributed by atoms with Crippen molar-refractivity contribution in [2.24, 2.45) is 11.8 Å². The van der Waals surface area contributed by atoms with Crippen molar-refractivity contribution in [2.45, 2.75) is 19.4 Å². The summed E-state index contributed by atoms with van der Waals surface area (Å²) in [6.45, 7) is 1.37. The smallest absolute Gasteiger partial charge is 0.247 e. The molecule has 1 heterocycles. The summed E-state index contributed by atoms with van der Waals surface area (Å²) in [5, 5.41) is 3.16. The zero-order valence-corrected chi connectivity index (χ0v) is 21.2. The Morgan fingerprint density at radius 3 is 2.35 bits per heavy atom. The molecule has 1 fully saturated rings. The van der Waals surface area contributed by atoms with E-state index < -0.39 is 35.1 Å². The number of aldehydes is 1. The number of nitrogens with one attached hydrogen (secondary N) is 1. The molecule has 9 heteroatoms. The van der Waals surface area contributed by atoms with E-state index in [1.165, 1.54) is 38.3 Å². The Bertz CT molecular complexity index is 1170. The van der Waals surface area contributed by atoms with Crippen molar-refractivity contribution in [3.63, 3.8) is 0 Å². The number of nitrogens with zero attached hydrogens (tertiary/aromatic N) is 1. The normalized spacial score (nSPS) is 15.0. The highest BCUT2D eigenvalue weighted by molar-refractivity contribution is 6.17. The van der Waals surface area contributed by atoms with Crippen LogP contribution in [0.2, 0.25) is 0 Å². The number of ether oxygens (including phenoxy) is 2. The van der Waals surface area contributed by atoms with E-state index >= 15 is 0 Å². The molecule has 0 radical (unpaired) electrons. The third kappa shape index (κ3) is 6.89. The zero-order valence-electron chi connectivity index (χ0n) is 21.2. The topological polar surface area (TPSA) is 102 Å². The molecule has 1 aliphatic rings.